The Morgan fingerprint density at radius 1 is 0.871 bits per heavy atom. The van der Waals surface area contributed by atoms with Crippen LogP contribution in [0, 0.1) is 0 Å². The molecule has 1 aliphatic heterocycles. The number of carbonyl (C=O) groups is 3. The van der Waals surface area contributed by atoms with E-state index in [0.29, 0.717) is 0 Å². The lowest BCUT2D eigenvalue weighted by Gasteiger charge is -2.15. The van der Waals surface area contributed by atoms with Crippen LogP contribution in [-0.2, 0) is 14.8 Å². The summed E-state index contributed by atoms with van der Waals surface area (Å²) in [5.41, 5.74) is 1.20. The third-order valence-electron chi connectivity index (χ3n) is 4.74. The largest absolute Gasteiger partial charge is 0.465 e. The predicted molar refractivity (Wildman–Crippen MR) is 113 cm³/mol. The van der Waals surface area contributed by atoms with E-state index in [0.717, 1.165) is 4.90 Å². The molecule has 0 aliphatic carbocycles. The van der Waals surface area contributed by atoms with Gasteiger partial charge in [0, 0.05) is 5.69 Å². The van der Waals surface area contributed by atoms with Crippen LogP contribution in [0.15, 0.2) is 77.7 Å². The number of nitrogens with zero attached hydrogens (tertiary/aromatic N) is 1. The zero-order chi connectivity index (χ0) is 22.2. The van der Waals surface area contributed by atoms with Crippen LogP contribution >= 0.6 is 0 Å². The van der Waals surface area contributed by atoms with Gasteiger partial charge >= 0.3 is 5.97 Å². The lowest BCUT2D eigenvalue weighted by Crippen LogP contribution is -2.29. The molecule has 0 atom stereocenters. The van der Waals surface area contributed by atoms with Crippen molar-refractivity contribution in [3.05, 3.63) is 89.5 Å². The standard InChI is InChI=1S/C22H16N2O6S/c1-30-22(27)14-9-11-15(12-10-14)23-31(28,29)17-6-4-5-16(13-17)24-20(25)18-7-2-3-8-19(18)21(24)26/h2-13,23H,1H3. The fourth-order valence-corrected chi connectivity index (χ4v) is 4.32. The highest BCUT2D eigenvalue weighted by Crippen LogP contribution is 2.30. The van der Waals surface area contributed by atoms with Gasteiger partial charge in [-0.1, -0.05) is 18.2 Å². The number of hydrogen-bond acceptors (Lipinski definition) is 6. The van der Waals surface area contributed by atoms with Gasteiger partial charge in [0.15, 0.2) is 0 Å². The molecular formula is C22H16N2O6S. The Hall–Kier alpha value is -3.98. The van der Waals surface area contributed by atoms with Crippen molar-refractivity contribution in [1.82, 2.24) is 0 Å². The number of ether oxygens (including phenoxy) is 1. The molecule has 0 aromatic heterocycles. The van der Waals surface area contributed by atoms with E-state index in [1.165, 1.54) is 55.6 Å². The molecule has 0 bridgehead atoms. The van der Waals surface area contributed by atoms with Gasteiger partial charge in [0.25, 0.3) is 21.8 Å². The van der Waals surface area contributed by atoms with Crippen molar-refractivity contribution in [1.29, 1.82) is 0 Å². The van der Waals surface area contributed by atoms with Crippen molar-refractivity contribution in [3.8, 4) is 0 Å². The Morgan fingerprint density at radius 3 is 2.06 bits per heavy atom. The number of sulfonamides is 1. The summed E-state index contributed by atoms with van der Waals surface area (Å²) in [6.45, 7) is 0. The molecule has 0 spiro atoms. The Morgan fingerprint density at radius 2 is 1.48 bits per heavy atom. The molecule has 156 valence electrons. The van der Waals surface area contributed by atoms with Crippen molar-refractivity contribution in [2.75, 3.05) is 16.7 Å². The van der Waals surface area contributed by atoms with Gasteiger partial charge in [-0.05, 0) is 54.6 Å². The summed E-state index contributed by atoms with van der Waals surface area (Å²) >= 11 is 0. The molecule has 1 heterocycles. The second-order valence-corrected chi connectivity index (χ2v) is 8.35. The molecule has 3 aromatic carbocycles. The molecule has 0 saturated heterocycles. The lowest BCUT2D eigenvalue weighted by molar-refractivity contribution is 0.0600. The van der Waals surface area contributed by atoms with E-state index in [4.69, 9.17) is 0 Å². The molecule has 1 aliphatic rings. The van der Waals surface area contributed by atoms with Crippen LogP contribution in [0.2, 0.25) is 0 Å². The van der Waals surface area contributed by atoms with Crippen LogP contribution in [0.5, 0.6) is 0 Å². The average Bonchev–Trinajstić information content (AvgIpc) is 3.04. The smallest absolute Gasteiger partial charge is 0.337 e. The quantitative estimate of drug-likeness (QED) is 0.486. The second kappa shape index (κ2) is 7.69. The first kappa shape index (κ1) is 20.3. The Balaban J connectivity index is 1.62. The average molecular weight is 436 g/mol. The first-order chi connectivity index (χ1) is 14.8. The number of carbonyl (C=O) groups excluding carboxylic acids is 3. The number of rotatable bonds is 5. The highest BCUT2D eigenvalue weighted by atomic mass is 32.2. The molecule has 0 fully saturated rings. The Kier molecular flexibility index (Phi) is 5.04. The monoisotopic (exact) mass is 436 g/mol. The molecule has 31 heavy (non-hydrogen) atoms. The fraction of sp³-hybridized carbons (Fsp3) is 0.0455. The summed E-state index contributed by atoms with van der Waals surface area (Å²) in [6.07, 6.45) is 0. The lowest BCUT2D eigenvalue weighted by atomic mass is 10.1. The molecule has 8 nitrogen and oxygen atoms in total. The molecule has 0 unspecified atom stereocenters. The first-order valence-corrected chi connectivity index (χ1v) is 10.6. The van der Waals surface area contributed by atoms with Crippen molar-refractivity contribution in [3.63, 3.8) is 0 Å². The van der Waals surface area contributed by atoms with Crippen LogP contribution < -0.4 is 9.62 Å². The van der Waals surface area contributed by atoms with E-state index in [1.807, 2.05) is 0 Å². The van der Waals surface area contributed by atoms with E-state index < -0.39 is 27.8 Å². The van der Waals surface area contributed by atoms with Crippen LogP contribution in [-0.4, -0.2) is 33.3 Å². The number of fused-ring (bicyclic) bond motifs is 1. The van der Waals surface area contributed by atoms with Crippen molar-refractivity contribution >= 4 is 39.2 Å². The predicted octanol–water partition coefficient (Wildman–Crippen LogP) is 3.07. The number of anilines is 2. The second-order valence-electron chi connectivity index (χ2n) is 6.66. The van der Waals surface area contributed by atoms with E-state index in [1.54, 1.807) is 24.3 Å². The number of hydrogen-bond donors (Lipinski definition) is 1. The van der Waals surface area contributed by atoms with Gasteiger partial charge in [0.1, 0.15) is 0 Å². The first-order valence-electron chi connectivity index (χ1n) is 9.11. The number of imide groups is 1. The molecule has 1 N–H and O–H groups in total. The van der Waals surface area contributed by atoms with Gasteiger partial charge in [-0.2, -0.15) is 0 Å². The maximum atomic E-state index is 12.8. The third kappa shape index (κ3) is 3.66. The SMILES string of the molecule is COC(=O)c1ccc(NS(=O)(=O)c2cccc(N3C(=O)c4ccccc4C3=O)c2)cc1. The summed E-state index contributed by atoms with van der Waals surface area (Å²) in [5.74, 6) is -1.56. The minimum Gasteiger partial charge on any atom is -0.465 e. The number of nitrogens with one attached hydrogen (secondary N) is 1. The molecule has 0 saturated carbocycles. The maximum absolute atomic E-state index is 12.8. The van der Waals surface area contributed by atoms with Crippen molar-refractivity contribution in [2.24, 2.45) is 0 Å². The molecule has 0 radical (unpaired) electrons. The van der Waals surface area contributed by atoms with Crippen molar-refractivity contribution < 1.29 is 27.5 Å². The topological polar surface area (TPSA) is 110 Å². The van der Waals surface area contributed by atoms with Crippen LogP contribution in [0.25, 0.3) is 0 Å². The highest BCUT2D eigenvalue weighted by molar-refractivity contribution is 7.92. The number of esters is 1. The molecular weight excluding hydrogens is 420 g/mol. The Bertz CT molecular complexity index is 1280. The number of amides is 2. The van der Waals surface area contributed by atoms with Gasteiger partial charge < -0.3 is 4.74 Å². The summed E-state index contributed by atoms with van der Waals surface area (Å²) in [7, 11) is -2.77. The van der Waals surface area contributed by atoms with Crippen LogP contribution in [0.4, 0.5) is 11.4 Å². The molecule has 3 aromatic rings. The zero-order valence-corrected chi connectivity index (χ0v) is 17.0. The summed E-state index contributed by atoms with van der Waals surface area (Å²) < 4.78 is 32.7. The minimum absolute atomic E-state index is 0.126. The number of methoxy groups -OCH3 is 1. The summed E-state index contributed by atoms with van der Waals surface area (Å²) in [5, 5.41) is 0. The van der Waals surface area contributed by atoms with E-state index in [-0.39, 0.29) is 33.0 Å². The van der Waals surface area contributed by atoms with Crippen LogP contribution in [0.1, 0.15) is 31.1 Å². The van der Waals surface area contributed by atoms with Crippen LogP contribution in [0.3, 0.4) is 0 Å². The molecule has 4 rings (SSSR count). The molecule has 9 heteroatoms. The van der Waals surface area contributed by atoms with E-state index in [2.05, 4.69) is 9.46 Å². The minimum atomic E-state index is -4.02. The third-order valence-corrected chi connectivity index (χ3v) is 6.12. The van der Waals surface area contributed by atoms with Gasteiger partial charge in [-0.15, -0.1) is 0 Å². The number of benzene rings is 3. The van der Waals surface area contributed by atoms with Crippen molar-refractivity contribution in [2.45, 2.75) is 4.90 Å². The zero-order valence-electron chi connectivity index (χ0n) is 16.2. The summed E-state index contributed by atoms with van der Waals surface area (Å²) in [6, 6.07) is 17.7. The fourth-order valence-electron chi connectivity index (χ4n) is 3.22. The highest BCUT2D eigenvalue weighted by Gasteiger charge is 2.36. The Labute approximate surface area is 178 Å². The van der Waals surface area contributed by atoms with Gasteiger partial charge in [0.2, 0.25) is 0 Å². The molecule has 2 amide bonds. The normalized spacial score (nSPS) is 13.1. The van der Waals surface area contributed by atoms with Gasteiger partial charge in [-0.3, -0.25) is 14.3 Å². The maximum Gasteiger partial charge on any atom is 0.337 e. The van der Waals surface area contributed by atoms with E-state index in [9.17, 15) is 22.8 Å². The van der Waals surface area contributed by atoms with Gasteiger partial charge in [0.05, 0.1) is 34.4 Å². The summed E-state index contributed by atoms with van der Waals surface area (Å²) in [4.78, 5) is 37.7. The van der Waals surface area contributed by atoms with E-state index >= 15 is 0 Å². The van der Waals surface area contributed by atoms with Gasteiger partial charge in [-0.25, -0.2) is 18.1 Å².